The molecule has 0 aromatic carbocycles. The molecule has 0 saturated carbocycles. The topological polar surface area (TPSA) is 179 Å². The number of rotatable bonds is 20. The number of aliphatic carboxylic acids is 1. The van der Waals surface area contributed by atoms with Gasteiger partial charge in [0.25, 0.3) is 0 Å². The quantitative estimate of drug-likeness (QED) is 0.107. The Morgan fingerprint density at radius 1 is 0.821 bits per heavy atom. The van der Waals surface area contributed by atoms with Crippen LogP contribution in [-0.2, 0) is 14.4 Å². The van der Waals surface area contributed by atoms with Crippen LogP contribution in [0.5, 0.6) is 0 Å². The second-order valence-electron chi connectivity index (χ2n) is 9.05. The fourth-order valence-electron chi connectivity index (χ4n) is 3.51. The molecule has 0 fully saturated rings. The Morgan fingerprint density at radius 2 is 1.36 bits per heavy atom. The first-order valence-corrected chi connectivity index (χ1v) is 14.9. The van der Waals surface area contributed by atoms with E-state index in [1.165, 1.54) is 24.7 Å². The molecule has 0 bridgehead atoms. The number of nitrogens with zero attached hydrogens (tertiary/aromatic N) is 1. The fourth-order valence-corrected chi connectivity index (χ4v) is 4.19. The summed E-state index contributed by atoms with van der Waals surface area (Å²) in [4.78, 5) is 62.7. The fraction of sp³-hybridized carbons (Fsp3) is 0.615. The van der Waals surface area contributed by atoms with Gasteiger partial charge in [-0.25, -0.2) is 9.59 Å². The van der Waals surface area contributed by atoms with Gasteiger partial charge in [-0.2, -0.15) is 0 Å². The molecule has 1 rings (SSSR count). The van der Waals surface area contributed by atoms with Gasteiger partial charge in [-0.3, -0.25) is 9.59 Å². The Kier molecular flexibility index (Phi) is 18.5. The van der Waals surface area contributed by atoms with E-state index in [-0.39, 0.29) is 30.6 Å². The number of unbranched alkanes of at least 4 members (excludes halogenated alkanes) is 4. The maximum Gasteiger partial charge on any atom is 0.326 e. The number of hydrogen-bond acceptors (Lipinski definition) is 6. The van der Waals surface area contributed by atoms with Gasteiger partial charge in [0.15, 0.2) is 0 Å². The van der Waals surface area contributed by atoms with Crippen molar-refractivity contribution in [1.82, 2.24) is 31.6 Å². The number of nitrogens with one attached hydrogen (secondary N) is 5. The van der Waals surface area contributed by atoms with E-state index < -0.39 is 18.0 Å². The van der Waals surface area contributed by atoms with E-state index >= 15 is 0 Å². The molecule has 0 aliphatic heterocycles. The van der Waals surface area contributed by atoms with Gasteiger partial charge in [0.2, 0.25) is 5.91 Å². The van der Waals surface area contributed by atoms with Crippen LogP contribution in [0.15, 0.2) is 18.5 Å². The Balaban J connectivity index is 1.96. The maximum absolute atomic E-state index is 12.0. The largest absolute Gasteiger partial charge is 0.480 e. The number of aromatic nitrogens is 1. The molecule has 0 aliphatic rings. The van der Waals surface area contributed by atoms with Gasteiger partial charge >= 0.3 is 129 Å². The van der Waals surface area contributed by atoms with Crippen LogP contribution in [-0.4, -0.2) is 72.0 Å². The SMILES string of the molecule is CCC[C@H](NC(=O)NCCCCCNC(=O)CCC(=O)NCCCCCNC(=O)c1cncc([211At])c1)C(=O)O. The van der Waals surface area contributed by atoms with Crippen molar-refractivity contribution in [2.45, 2.75) is 77.2 Å². The molecule has 12 nitrogen and oxygen atoms in total. The predicted molar refractivity (Wildman–Crippen MR) is 142 cm³/mol. The van der Waals surface area contributed by atoms with Crippen LogP contribution in [0.2, 0.25) is 0 Å². The minimum absolute atomic E-state index is 0.122. The summed E-state index contributed by atoms with van der Waals surface area (Å²) in [6.07, 6.45) is 9.23. The van der Waals surface area contributed by atoms with E-state index in [0.29, 0.717) is 51.0 Å². The van der Waals surface area contributed by atoms with E-state index in [4.69, 9.17) is 5.11 Å². The second kappa shape index (κ2) is 21.1. The summed E-state index contributed by atoms with van der Waals surface area (Å²) in [7, 11) is 0. The van der Waals surface area contributed by atoms with Crippen LogP contribution in [0, 0.1) is 24.7 Å². The van der Waals surface area contributed by atoms with Gasteiger partial charge in [-0.05, 0) is 25.7 Å². The molecule has 0 spiro atoms. The smallest absolute Gasteiger partial charge is 0.326 e. The van der Waals surface area contributed by atoms with Crippen molar-refractivity contribution in [1.29, 1.82) is 0 Å². The summed E-state index contributed by atoms with van der Waals surface area (Å²) in [5.41, 5.74) is 0.557. The molecular weight excluding hydrogens is 703 g/mol. The Hall–Kier alpha value is -2.82. The van der Waals surface area contributed by atoms with Crippen molar-refractivity contribution >= 4 is 33.0 Å². The molecule has 0 unspecified atom stereocenters. The van der Waals surface area contributed by atoms with Gasteiger partial charge in [0, 0.05) is 25.9 Å². The molecule has 0 radical (unpaired) electrons. The Labute approximate surface area is 245 Å². The third-order valence-electron chi connectivity index (χ3n) is 5.65. The summed E-state index contributed by atoms with van der Waals surface area (Å²) in [6, 6.07) is 0.429. The molecule has 1 heterocycles. The number of carbonyl (C=O) groups excluding carboxylic acids is 4. The number of amides is 5. The molecule has 13 heteroatoms. The van der Waals surface area contributed by atoms with Gasteiger partial charge in [-0.15, -0.1) is 0 Å². The number of carbonyl (C=O) groups is 5. The summed E-state index contributed by atoms with van der Waals surface area (Å²) >= 11 is 1.47. The molecule has 5 amide bonds. The van der Waals surface area contributed by atoms with Crippen LogP contribution in [0.4, 0.5) is 4.79 Å². The van der Waals surface area contributed by atoms with E-state index in [0.717, 1.165) is 35.4 Å². The van der Waals surface area contributed by atoms with Crippen molar-refractivity contribution in [2.75, 3.05) is 26.2 Å². The number of carboxylic acids is 1. The van der Waals surface area contributed by atoms with Crippen molar-refractivity contribution in [3.8, 4) is 0 Å². The Bertz CT molecular complexity index is 932. The van der Waals surface area contributed by atoms with Crippen LogP contribution < -0.4 is 29.9 Å². The summed E-state index contributed by atoms with van der Waals surface area (Å²) < 4.78 is 0.987. The van der Waals surface area contributed by atoms with Gasteiger partial charge in [0.1, 0.15) is 6.04 Å². The van der Waals surface area contributed by atoms with Crippen molar-refractivity contribution < 1.29 is 53.8 Å². The van der Waals surface area contributed by atoms with Gasteiger partial charge in [-0.1, -0.05) is 13.3 Å². The van der Waals surface area contributed by atoms with Gasteiger partial charge < -0.3 is 21.1 Å². The number of urea groups is 1. The summed E-state index contributed by atoms with van der Waals surface area (Å²) in [5.74, 6) is -1.53. The number of carboxylic acid groups (broad SMARTS) is 1. The van der Waals surface area contributed by atoms with Crippen molar-refractivity contribution in [3.05, 3.63) is 24.0 Å². The molecule has 1 aromatic heterocycles. The van der Waals surface area contributed by atoms with Crippen molar-refractivity contribution in [3.63, 3.8) is 0 Å². The number of pyridine rings is 1. The predicted octanol–water partition coefficient (Wildman–Crippen LogP) is 0.892. The molecule has 1 atom stereocenters. The molecule has 0 saturated heterocycles. The monoisotopic (exact) mass is 744 g/mol. The third kappa shape index (κ3) is 17.4. The van der Waals surface area contributed by atoms with Crippen LogP contribution in [0.1, 0.15) is 81.5 Å². The van der Waals surface area contributed by atoms with Crippen LogP contribution in [0.25, 0.3) is 0 Å². The van der Waals surface area contributed by atoms with E-state index in [1.54, 1.807) is 12.4 Å². The van der Waals surface area contributed by atoms with Crippen molar-refractivity contribution in [2.24, 2.45) is 0 Å². The molecule has 1 aromatic rings. The molecule has 0 aliphatic carbocycles. The molecule has 39 heavy (non-hydrogen) atoms. The van der Waals surface area contributed by atoms with Gasteiger partial charge in [0.05, 0.1) is 0 Å². The van der Waals surface area contributed by atoms with E-state index in [1.807, 2.05) is 13.0 Å². The first-order chi connectivity index (χ1) is 18.7. The Morgan fingerprint density at radius 3 is 1.87 bits per heavy atom. The zero-order chi connectivity index (χ0) is 28.9. The molecular formula is C26H41AtN6O6. The number of hydrogen-bond donors (Lipinski definition) is 6. The zero-order valence-electron chi connectivity index (χ0n) is 22.5. The molecule has 6 N–H and O–H groups in total. The van der Waals surface area contributed by atoms with Crippen LogP contribution >= 0.6 is 0 Å². The maximum atomic E-state index is 12.0. The third-order valence-corrected chi connectivity index (χ3v) is 6.45. The molecule has 218 valence electrons. The average Bonchev–Trinajstić information content (AvgIpc) is 2.90. The zero-order valence-corrected chi connectivity index (χ0v) is 25.5. The normalized spacial score (nSPS) is 11.2. The minimum atomic E-state index is -1.05. The first kappa shape index (κ1) is 34.2. The second-order valence-corrected chi connectivity index (χ2v) is 10.7. The summed E-state index contributed by atoms with van der Waals surface area (Å²) in [5, 5.41) is 22.6. The summed E-state index contributed by atoms with van der Waals surface area (Å²) in [6.45, 7) is 3.84. The van der Waals surface area contributed by atoms with E-state index in [2.05, 4.69) is 31.6 Å². The minimum Gasteiger partial charge on any atom is -0.480 e. The van der Waals surface area contributed by atoms with E-state index in [9.17, 15) is 24.0 Å². The first-order valence-electron chi connectivity index (χ1n) is 13.4. The van der Waals surface area contributed by atoms with Crippen LogP contribution in [0.3, 0.4) is 0 Å². The standard InChI is InChI=1S/C26H41AtN6O6/c1-2-9-21(25(37)38)33-26(39)32-15-8-4-6-13-30-23(35)11-10-22(34)29-12-5-3-7-14-31-24(36)19-16-20(27)18-28-17-19/h16-18,21H,2-15H2,1H3,(H,29,34)(H,30,35)(H,31,36)(H,37,38)(H2,32,33,39)/t21-/m0/s1/i27+1. The average molecular weight is 745 g/mol.